The van der Waals surface area contributed by atoms with Crippen LogP contribution in [0.4, 0.5) is 0 Å². The van der Waals surface area contributed by atoms with Crippen molar-refractivity contribution in [1.29, 1.82) is 5.41 Å². The first-order valence-corrected chi connectivity index (χ1v) is 21.2. The molecule has 0 aliphatic heterocycles. The smallest absolute Gasteiger partial charge is 0.0723 e. The van der Waals surface area contributed by atoms with Gasteiger partial charge in [0.25, 0.3) is 0 Å². The van der Waals surface area contributed by atoms with Crippen LogP contribution in [0.1, 0.15) is 65.3 Å². The molecule has 0 saturated heterocycles. The molecule has 2 aliphatic carbocycles. The van der Waals surface area contributed by atoms with Gasteiger partial charge in [-0.1, -0.05) is 202 Å². The highest BCUT2D eigenvalue weighted by Gasteiger charge is 2.41. The first kappa shape index (κ1) is 36.6. The summed E-state index contributed by atoms with van der Waals surface area (Å²) in [5.74, 6) is 0. The Morgan fingerprint density at radius 1 is 0.459 bits per heavy atom. The third-order valence-corrected chi connectivity index (χ3v) is 13.5. The van der Waals surface area contributed by atoms with E-state index in [0.29, 0.717) is 5.71 Å². The minimum absolute atomic E-state index is 0.194. The Labute approximate surface area is 357 Å². The van der Waals surface area contributed by atoms with Gasteiger partial charge in [0.1, 0.15) is 0 Å². The Morgan fingerprint density at radius 2 is 1.05 bits per heavy atom. The lowest BCUT2D eigenvalue weighted by Gasteiger charge is -2.28. The lowest BCUT2D eigenvalue weighted by Crippen LogP contribution is -2.22. The number of hydrogen-bond acceptors (Lipinski definition) is 2. The summed E-state index contributed by atoms with van der Waals surface area (Å²) >= 11 is 0. The van der Waals surface area contributed by atoms with Gasteiger partial charge in [-0.05, 0) is 107 Å². The molecule has 0 saturated carbocycles. The van der Waals surface area contributed by atoms with Gasteiger partial charge in [-0.3, -0.25) is 4.99 Å². The van der Waals surface area contributed by atoms with E-state index in [9.17, 15) is 5.41 Å². The minimum Gasteiger partial charge on any atom is -0.300 e. The van der Waals surface area contributed by atoms with Gasteiger partial charge < -0.3 is 5.41 Å². The topological polar surface area (TPSA) is 36.2 Å². The largest absolute Gasteiger partial charge is 0.300 e. The maximum atomic E-state index is 9.25. The van der Waals surface area contributed by atoms with Crippen molar-refractivity contribution in [2.24, 2.45) is 4.99 Å². The van der Waals surface area contributed by atoms with Crippen molar-refractivity contribution in [1.82, 2.24) is 0 Å². The number of aliphatic imine (C=N–C) groups is 1. The molecule has 290 valence electrons. The van der Waals surface area contributed by atoms with E-state index in [2.05, 4.69) is 185 Å². The zero-order chi connectivity index (χ0) is 41.3. The fourth-order valence-corrected chi connectivity index (χ4v) is 10.5. The summed E-state index contributed by atoms with van der Waals surface area (Å²) in [6.45, 7) is 7.11. The highest BCUT2D eigenvalue weighted by molar-refractivity contribution is 6.12. The van der Waals surface area contributed by atoms with E-state index >= 15 is 0 Å². The Morgan fingerprint density at radius 3 is 1.85 bits per heavy atom. The van der Waals surface area contributed by atoms with Crippen LogP contribution < -0.4 is 0 Å². The molecule has 11 rings (SSSR count). The minimum atomic E-state index is -0.350. The highest BCUT2D eigenvalue weighted by Crippen LogP contribution is 2.55. The third kappa shape index (κ3) is 5.70. The van der Waals surface area contributed by atoms with Crippen molar-refractivity contribution in [3.8, 4) is 33.4 Å². The maximum absolute atomic E-state index is 9.25. The van der Waals surface area contributed by atoms with Gasteiger partial charge in [-0.25, -0.2) is 0 Å². The van der Waals surface area contributed by atoms with Crippen molar-refractivity contribution in [3.63, 3.8) is 0 Å². The van der Waals surface area contributed by atoms with Crippen LogP contribution in [-0.4, -0.2) is 11.9 Å². The zero-order valence-corrected chi connectivity index (χ0v) is 34.6. The van der Waals surface area contributed by atoms with E-state index in [0.717, 1.165) is 27.8 Å². The molecule has 0 aromatic heterocycles. The highest BCUT2D eigenvalue weighted by atomic mass is 14.7. The summed E-state index contributed by atoms with van der Waals surface area (Å²) < 4.78 is 0. The zero-order valence-electron chi connectivity index (χ0n) is 34.6. The average Bonchev–Trinajstić information content (AvgIpc) is 3.72. The number of benzene rings is 9. The van der Waals surface area contributed by atoms with Crippen LogP contribution in [0.2, 0.25) is 0 Å². The Kier molecular flexibility index (Phi) is 8.47. The fraction of sp³-hybridized carbons (Fsp3) is 0.0847. The molecule has 1 N–H and O–H groups in total. The first-order chi connectivity index (χ1) is 29.8. The molecule has 0 amide bonds. The molecular formula is C59H44N2. The van der Waals surface area contributed by atoms with Crippen molar-refractivity contribution in [2.45, 2.75) is 31.6 Å². The summed E-state index contributed by atoms with van der Waals surface area (Å²) in [6, 6.07) is 69.7. The standard InChI is InChI=1S/C59H44N2/c1-58(2)56-44-23-11-10-17-38(44)29-34-51(56)50-27-16-26-49(57(50)58)46-32-31-41(43-22-12-13-24-45(43)46)37-61-55(36-54(60)39-18-6-4-7-19-39)40-30-33-48-47-25-14-15-28-52(47)59(3,53(48)35-40)42-20-8-5-9-21-42/h4-37,60H,1-3H3/b55-36-,60-54?,61-37?. The van der Waals surface area contributed by atoms with Gasteiger partial charge in [0.2, 0.25) is 0 Å². The van der Waals surface area contributed by atoms with Crippen LogP contribution >= 0.6 is 0 Å². The van der Waals surface area contributed by atoms with Crippen LogP contribution in [-0.2, 0) is 10.8 Å². The normalized spacial score (nSPS) is 16.1. The number of rotatable bonds is 7. The van der Waals surface area contributed by atoms with Crippen LogP contribution in [0.3, 0.4) is 0 Å². The second-order valence-electron chi connectivity index (χ2n) is 17.2. The Balaban J connectivity index is 1.04. The van der Waals surface area contributed by atoms with Gasteiger partial charge in [-0.15, -0.1) is 0 Å². The van der Waals surface area contributed by atoms with Gasteiger partial charge in [0, 0.05) is 28.2 Å². The molecule has 2 aliphatic rings. The van der Waals surface area contributed by atoms with Crippen molar-refractivity contribution < 1.29 is 0 Å². The van der Waals surface area contributed by atoms with Crippen LogP contribution in [0.5, 0.6) is 0 Å². The molecule has 9 aromatic carbocycles. The predicted molar refractivity (Wildman–Crippen MR) is 257 cm³/mol. The van der Waals surface area contributed by atoms with Crippen LogP contribution in [0.25, 0.3) is 60.6 Å². The molecule has 1 unspecified atom stereocenters. The second kappa shape index (κ2) is 14.1. The van der Waals surface area contributed by atoms with E-state index in [4.69, 9.17) is 4.99 Å². The molecule has 9 aromatic rings. The van der Waals surface area contributed by atoms with Crippen LogP contribution in [0.15, 0.2) is 205 Å². The van der Waals surface area contributed by atoms with Crippen molar-refractivity contribution in [2.75, 3.05) is 0 Å². The van der Waals surface area contributed by atoms with Crippen LogP contribution in [0, 0.1) is 5.41 Å². The van der Waals surface area contributed by atoms with Crippen molar-refractivity contribution >= 4 is 39.2 Å². The first-order valence-electron chi connectivity index (χ1n) is 21.2. The molecule has 0 spiro atoms. The maximum Gasteiger partial charge on any atom is 0.0723 e. The van der Waals surface area contributed by atoms with Gasteiger partial charge >= 0.3 is 0 Å². The molecule has 2 heteroatoms. The molecule has 0 radical (unpaired) electrons. The number of nitrogens with one attached hydrogen (secondary N) is 1. The van der Waals surface area contributed by atoms with E-state index in [1.165, 1.54) is 77.4 Å². The molecule has 0 fully saturated rings. The number of allylic oxidation sites excluding steroid dienone is 1. The molecule has 0 heterocycles. The number of hydrogen-bond donors (Lipinski definition) is 1. The number of fused-ring (bicyclic) bond motifs is 9. The lowest BCUT2D eigenvalue weighted by atomic mass is 9.74. The summed E-state index contributed by atoms with van der Waals surface area (Å²) in [6.07, 6.45) is 3.92. The van der Waals surface area contributed by atoms with E-state index in [-0.39, 0.29) is 10.8 Å². The Bertz CT molecular complexity index is 3300. The van der Waals surface area contributed by atoms with E-state index in [1.807, 2.05) is 42.6 Å². The fourth-order valence-electron chi connectivity index (χ4n) is 10.5. The summed E-state index contributed by atoms with van der Waals surface area (Å²) in [7, 11) is 0. The van der Waals surface area contributed by atoms with Gasteiger partial charge in [-0.2, -0.15) is 0 Å². The summed E-state index contributed by atoms with van der Waals surface area (Å²) in [5.41, 5.74) is 17.7. The Hall–Kier alpha value is -7.42. The number of nitrogens with zero attached hydrogens (tertiary/aromatic N) is 1. The van der Waals surface area contributed by atoms with E-state index in [1.54, 1.807) is 0 Å². The molecule has 61 heavy (non-hydrogen) atoms. The summed E-state index contributed by atoms with van der Waals surface area (Å²) in [4.78, 5) is 5.31. The monoisotopic (exact) mass is 780 g/mol. The summed E-state index contributed by atoms with van der Waals surface area (Å²) in [5, 5.41) is 14.2. The molecule has 1 atom stereocenters. The molecule has 2 nitrogen and oxygen atoms in total. The van der Waals surface area contributed by atoms with E-state index < -0.39 is 0 Å². The third-order valence-electron chi connectivity index (χ3n) is 13.5. The SMILES string of the molecule is CC1(C)c2c(cccc2-c2ccc(C=N/C(=C\C(=N)c3ccccc3)c3ccc4c(c3)C(C)(c3ccccc3)c3ccccc3-4)c3ccccc23)-c2ccc3ccccc3c21. The van der Waals surface area contributed by atoms with Gasteiger partial charge in [0.15, 0.2) is 0 Å². The van der Waals surface area contributed by atoms with Crippen molar-refractivity contribution in [3.05, 3.63) is 245 Å². The predicted octanol–water partition coefficient (Wildman–Crippen LogP) is 14.8. The lowest BCUT2D eigenvalue weighted by molar-refractivity contribution is 0.668. The quantitative estimate of drug-likeness (QED) is 0.156. The second-order valence-corrected chi connectivity index (χ2v) is 17.2. The van der Waals surface area contributed by atoms with Gasteiger partial charge in [0.05, 0.1) is 11.4 Å². The molecule has 0 bridgehead atoms. The molecular weight excluding hydrogens is 737 g/mol. The average molecular weight is 781 g/mol.